The van der Waals surface area contributed by atoms with Crippen molar-refractivity contribution in [1.82, 2.24) is 19.5 Å². The van der Waals surface area contributed by atoms with E-state index < -0.39 is 0 Å². The summed E-state index contributed by atoms with van der Waals surface area (Å²) >= 11 is 0. The third-order valence-corrected chi connectivity index (χ3v) is 8.57. The van der Waals surface area contributed by atoms with Crippen molar-refractivity contribution in [3.05, 3.63) is 90.0 Å². The van der Waals surface area contributed by atoms with Gasteiger partial charge in [0.25, 0.3) is 0 Å². The van der Waals surface area contributed by atoms with Crippen LogP contribution in [0.5, 0.6) is 5.75 Å². The normalized spacial score (nSPS) is 12.7. The zero-order valence-electron chi connectivity index (χ0n) is 25.3. The Labute approximate surface area is 245 Å². The first-order valence-electron chi connectivity index (χ1n) is 14.6. The second-order valence-corrected chi connectivity index (χ2v) is 13.5. The highest BCUT2D eigenvalue weighted by Gasteiger charge is 2.23. The molecule has 0 unspecified atom stereocenters. The zero-order valence-corrected chi connectivity index (χ0v) is 25.3. The van der Waals surface area contributed by atoms with Crippen LogP contribution >= 0.6 is 0 Å². The van der Waals surface area contributed by atoms with Crippen molar-refractivity contribution in [2.24, 2.45) is 7.05 Å². The van der Waals surface area contributed by atoms with Crippen LogP contribution in [0.2, 0.25) is 0 Å². The predicted molar refractivity (Wildman–Crippen MR) is 175 cm³/mol. The lowest BCUT2D eigenvalue weighted by molar-refractivity contribution is 0.480. The Morgan fingerprint density at radius 1 is 0.690 bits per heavy atom. The molecule has 5 heteroatoms. The maximum atomic E-state index is 10.5. The highest BCUT2D eigenvalue weighted by atomic mass is 16.3. The summed E-state index contributed by atoms with van der Waals surface area (Å²) < 4.78 is 2.19. The van der Waals surface area contributed by atoms with Crippen LogP contribution in [-0.4, -0.2) is 24.6 Å². The average molecular weight is 553 g/mol. The van der Waals surface area contributed by atoms with Gasteiger partial charge in [0.1, 0.15) is 17.1 Å². The van der Waals surface area contributed by atoms with Gasteiger partial charge in [-0.15, -0.1) is 0 Å². The van der Waals surface area contributed by atoms with E-state index in [0.717, 1.165) is 50.1 Å². The summed E-state index contributed by atoms with van der Waals surface area (Å²) in [7, 11) is 2.09. The number of phenols is 1. The van der Waals surface area contributed by atoms with E-state index in [0.29, 0.717) is 5.52 Å². The summed E-state index contributed by atoms with van der Waals surface area (Å²) in [6, 6.07) is 27.2. The third kappa shape index (κ3) is 4.06. The van der Waals surface area contributed by atoms with Gasteiger partial charge in [-0.2, -0.15) is 0 Å². The highest BCUT2D eigenvalue weighted by Crippen LogP contribution is 2.40. The maximum absolute atomic E-state index is 10.5. The van der Waals surface area contributed by atoms with Crippen molar-refractivity contribution in [2.45, 2.75) is 52.4 Å². The Morgan fingerprint density at radius 3 is 2.19 bits per heavy atom. The molecule has 0 atom stereocenters. The predicted octanol–water partition coefficient (Wildman–Crippen LogP) is 9.39. The van der Waals surface area contributed by atoms with E-state index in [2.05, 4.69) is 107 Å². The number of hydrogen-bond acceptors (Lipinski definition) is 3. The molecule has 0 amide bonds. The van der Waals surface area contributed by atoms with Crippen LogP contribution in [0.25, 0.3) is 66.4 Å². The zero-order chi connectivity index (χ0) is 29.6. The number of benzene rings is 4. The number of H-pyrrole nitrogens is 1. The molecule has 4 aromatic carbocycles. The Hall–Kier alpha value is -4.64. The minimum atomic E-state index is -0.0407. The van der Waals surface area contributed by atoms with Crippen LogP contribution in [0.15, 0.2) is 78.9 Å². The summed E-state index contributed by atoms with van der Waals surface area (Å²) in [5.41, 5.74) is 10.1. The minimum Gasteiger partial charge on any atom is -0.506 e. The SMILES string of the molecule is Cn1c(-c2cc(C(C)(C)C)cc3c2[nH]c2ccc(C(C)(C)C)cc23)nc2c(-c3ccc4cccc(O)c4n3)cccc21. The fourth-order valence-corrected chi connectivity index (χ4v) is 6.02. The van der Waals surface area contributed by atoms with Crippen molar-refractivity contribution in [2.75, 3.05) is 0 Å². The molecule has 42 heavy (non-hydrogen) atoms. The Bertz CT molecular complexity index is 2180. The summed E-state index contributed by atoms with van der Waals surface area (Å²) in [5, 5.41) is 13.8. The van der Waals surface area contributed by atoms with Gasteiger partial charge in [-0.05, 0) is 64.4 Å². The molecule has 210 valence electrons. The number of aromatic nitrogens is 4. The highest BCUT2D eigenvalue weighted by molar-refractivity contribution is 6.12. The van der Waals surface area contributed by atoms with Gasteiger partial charge in [0.05, 0.1) is 22.2 Å². The first kappa shape index (κ1) is 26.3. The second-order valence-electron chi connectivity index (χ2n) is 13.5. The number of fused-ring (bicyclic) bond motifs is 5. The Balaban J connectivity index is 1.51. The van der Waals surface area contributed by atoms with E-state index in [1.165, 1.54) is 21.9 Å². The molecule has 0 aliphatic rings. The number of pyridine rings is 1. The van der Waals surface area contributed by atoms with Crippen LogP contribution in [0.4, 0.5) is 0 Å². The topological polar surface area (TPSA) is 66.7 Å². The molecule has 0 saturated heterocycles. The lowest BCUT2D eigenvalue weighted by atomic mass is 9.84. The fourth-order valence-electron chi connectivity index (χ4n) is 6.02. The van der Waals surface area contributed by atoms with Gasteiger partial charge in [-0.25, -0.2) is 9.97 Å². The number of para-hydroxylation sites is 2. The van der Waals surface area contributed by atoms with Crippen molar-refractivity contribution in [3.8, 4) is 28.4 Å². The van der Waals surface area contributed by atoms with Gasteiger partial charge in [0.15, 0.2) is 0 Å². The first-order chi connectivity index (χ1) is 19.9. The molecular formula is C37H36N4O. The quantitative estimate of drug-likeness (QED) is 0.224. The molecule has 0 fully saturated rings. The number of rotatable bonds is 2. The average Bonchev–Trinajstić information content (AvgIpc) is 3.49. The Morgan fingerprint density at radius 2 is 1.43 bits per heavy atom. The smallest absolute Gasteiger partial charge is 0.143 e. The summed E-state index contributed by atoms with van der Waals surface area (Å²) in [6.07, 6.45) is 0. The summed E-state index contributed by atoms with van der Waals surface area (Å²) in [4.78, 5) is 13.9. The molecule has 0 aliphatic heterocycles. The molecule has 0 aliphatic carbocycles. The molecule has 7 aromatic rings. The fraction of sp³-hybridized carbons (Fsp3) is 0.243. The number of nitrogens with zero attached hydrogens (tertiary/aromatic N) is 3. The van der Waals surface area contributed by atoms with E-state index in [9.17, 15) is 5.11 Å². The van der Waals surface area contributed by atoms with Crippen LogP contribution in [0.1, 0.15) is 52.7 Å². The number of aromatic amines is 1. The van der Waals surface area contributed by atoms with Crippen LogP contribution in [-0.2, 0) is 17.9 Å². The van der Waals surface area contributed by atoms with Crippen LogP contribution in [0.3, 0.4) is 0 Å². The third-order valence-electron chi connectivity index (χ3n) is 8.57. The monoisotopic (exact) mass is 552 g/mol. The van der Waals surface area contributed by atoms with E-state index in [4.69, 9.17) is 9.97 Å². The van der Waals surface area contributed by atoms with E-state index >= 15 is 0 Å². The first-order valence-corrected chi connectivity index (χ1v) is 14.6. The number of nitrogens with one attached hydrogen (secondary N) is 1. The van der Waals surface area contributed by atoms with Crippen molar-refractivity contribution >= 4 is 43.7 Å². The molecular weight excluding hydrogens is 516 g/mol. The van der Waals surface area contributed by atoms with Crippen molar-refractivity contribution in [1.29, 1.82) is 0 Å². The van der Waals surface area contributed by atoms with Gasteiger partial charge in [-0.3, -0.25) is 0 Å². The molecule has 5 nitrogen and oxygen atoms in total. The van der Waals surface area contributed by atoms with Gasteiger partial charge < -0.3 is 14.7 Å². The number of hydrogen-bond donors (Lipinski definition) is 2. The van der Waals surface area contributed by atoms with Gasteiger partial charge in [0.2, 0.25) is 0 Å². The minimum absolute atomic E-state index is 0.0407. The number of aryl methyl sites for hydroxylation is 1. The maximum Gasteiger partial charge on any atom is 0.143 e. The molecule has 7 rings (SSSR count). The van der Waals surface area contributed by atoms with Crippen molar-refractivity contribution < 1.29 is 5.11 Å². The number of phenolic OH excluding ortho intramolecular Hbond substituents is 1. The van der Waals surface area contributed by atoms with Gasteiger partial charge in [-0.1, -0.05) is 77.9 Å². The van der Waals surface area contributed by atoms with Gasteiger partial charge >= 0.3 is 0 Å². The molecule has 0 radical (unpaired) electrons. The van der Waals surface area contributed by atoms with E-state index in [-0.39, 0.29) is 16.6 Å². The lowest BCUT2D eigenvalue weighted by Gasteiger charge is -2.21. The standard InChI is InChI=1S/C37H36N4O/c1-36(2,3)22-15-17-29-25(18-22)26-19-23(37(4,5)6)20-27(33(26)39-29)35-40-34-24(11-9-12-30(34)41(35)7)28-16-14-21-10-8-13-31(42)32(21)38-28/h8-20,39,42H,1-7H3. The van der Waals surface area contributed by atoms with Gasteiger partial charge in [0, 0.05) is 39.8 Å². The largest absolute Gasteiger partial charge is 0.506 e. The molecule has 2 N–H and O–H groups in total. The summed E-state index contributed by atoms with van der Waals surface area (Å²) in [6.45, 7) is 13.6. The summed E-state index contributed by atoms with van der Waals surface area (Å²) in [5.74, 6) is 1.08. The van der Waals surface area contributed by atoms with Crippen LogP contribution < -0.4 is 0 Å². The lowest BCUT2D eigenvalue weighted by Crippen LogP contribution is -2.11. The number of imidazole rings is 1. The molecule has 3 aromatic heterocycles. The molecule has 0 bridgehead atoms. The van der Waals surface area contributed by atoms with E-state index in [1.54, 1.807) is 6.07 Å². The Kier molecular flexibility index (Phi) is 5.58. The van der Waals surface area contributed by atoms with Crippen LogP contribution in [0, 0.1) is 0 Å². The molecule has 0 spiro atoms. The number of aromatic hydroxyl groups is 1. The van der Waals surface area contributed by atoms with E-state index in [1.807, 2.05) is 24.3 Å². The molecule has 0 saturated carbocycles. The second kappa shape index (κ2) is 8.93. The van der Waals surface area contributed by atoms with Crippen molar-refractivity contribution in [3.63, 3.8) is 0 Å². The molecule has 3 heterocycles.